The molecule has 33 heavy (non-hydrogen) atoms. The zero-order valence-corrected chi connectivity index (χ0v) is 21.0. The van der Waals surface area contributed by atoms with Crippen LogP contribution in [-0.4, -0.2) is 53.0 Å². The van der Waals surface area contributed by atoms with Gasteiger partial charge in [0.1, 0.15) is 0 Å². The monoisotopic (exact) mass is 476 g/mol. The number of ether oxygens (including phenoxy) is 3. The van der Waals surface area contributed by atoms with Crippen LogP contribution in [0.3, 0.4) is 0 Å². The number of aryl methyl sites for hydroxylation is 1. The minimum Gasteiger partial charge on any atom is -0.493 e. The molecule has 0 saturated carbocycles. The van der Waals surface area contributed by atoms with Gasteiger partial charge >= 0.3 is 0 Å². The first-order chi connectivity index (χ1) is 15.6. The minimum atomic E-state index is -3.65. The van der Waals surface area contributed by atoms with E-state index in [1.807, 2.05) is 13.8 Å². The van der Waals surface area contributed by atoms with Crippen molar-refractivity contribution in [1.29, 1.82) is 0 Å². The van der Waals surface area contributed by atoms with Crippen molar-refractivity contribution in [1.82, 2.24) is 4.31 Å². The van der Waals surface area contributed by atoms with Gasteiger partial charge in [0.25, 0.3) is 0 Å². The number of anilines is 1. The quantitative estimate of drug-likeness (QED) is 0.521. The average Bonchev–Trinajstić information content (AvgIpc) is 2.80. The van der Waals surface area contributed by atoms with Gasteiger partial charge in [-0.3, -0.25) is 4.79 Å². The number of amides is 1. The Morgan fingerprint density at radius 1 is 0.970 bits per heavy atom. The van der Waals surface area contributed by atoms with Crippen LogP contribution in [0.5, 0.6) is 17.2 Å². The van der Waals surface area contributed by atoms with Crippen molar-refractivity contribution < 1.29 is 27.4 Å². The van der Waals surface area contributed by atoms with Gasteiger partial charge in [0.15, 0.2) is 11.5 Å². The van der Waals surface area contributed by atoms with E-state index in [0.717, 1.165) is 11.1 Å². The Morgan fingerprint density at radius 2 is 1.55 bits per heavy atom. The van der Waals surface area contributed by atoms with Crippen LogP contribution in [-0.2, 0) is 14.8 Å². The fraction of sp³-hybridized carbons (Fsp3) is 0.375. The smallest absolute Gasteiger partial charge is 0.248 e. The Balaban J connectivity index is 2.34. The number of hydrogen-bond donors (Lipinski definition) is 1. The van der Waals surface area contributed by atoms with Gasteiger partial charge in [-0.05, 0) is 60.9 Å². The first-order valence-corrected chi connectivity index (χ1v) is 12.0. The Kier molecular flexibility index (Phi) is 8.90. The summed E-state index contributed by atoms with van der Waals surface area (Å²) in [6.45, 7) is 7.97. The maximum absolute atomic E-state index is 12.9. The number of benzene rings is 2. The molecule has 1 N–H and O–H groups in total. The molecule has 0 atom stereocenters. The first kappa shape index (κ1) is 26.2. The van der Waals surface area contributed by atoms with Crippen LogP contribution >= 0.6 is 0 Å². The summed E-state index contributed by atoms with van der Waals surface area (Å²) in [5, 5.41) is 2.79. The number of sulfonamides is 1. The summed E-state index contributed by atoms with van der Waals surface area (Å²) in [5.41, 5.74) is 2.68. The van der Waals surface area contributed by atoms with E-state index in [4.69, 9.17) is 14.2 Å². The molecule has 0 spiro atoms. The normalized spacial score (nSPS) is 11.6. The van der Waals surface area contributed by atoms with E-state index < -0.39 is 15.9 Å². The van der Waals surface area contributed by atoms with Gasteiger partial charge in [-0.1, -0.05) is 13.8 Å². The van der Waals surface area contributed by atoms with Crippen molar-refractivity contribution in [3.8, 4) is 17.2 Å². The number of nitrogens with one attached hydrogen (secondary N) is 1. The molecule has 9 heteroatoms. The zero-order chi connectivity index (χ0) is 24.8. The summed E-state index contributed by atoms with van der Waals surface area (Å²) in [6.07, 6.45) is 2.97. The van der Waals surface area contributed by atoms with E-state index in [1.165, 1.54) is 37.8 Å². The van der Waals surface area contributed by atoms with Crippen LogP contribution in [0.1, 0.15) is 30.5 Å². The topological polar surface area (TPSA) is 94.2 Å². The number of carbonyl (C=O) groups excluding carboxylic acids is 1. The number of rotatable bonds is 10. The molecule has 0 aliphatic heterocycles. The first-order valence-electron chi connectivity index (χ1n) is 10.5. The zero-order valence-electron chi connectivity index (χ0n) is 20.2. The maximum atomic E-state index is 12.9. The average molecular weight is 477 g/mol. The molecule has 0 aliphatic rings. The lowest BCUT2D eigenvalue weighted by Gasteiger charge is -2.20. The van der Waals surface area contributed by atoms with Crippen LogP contribution < -0.4 is 19.5 Å². The molecule has 0 aromatic heterocycles. The van der Waals surface area contributed by atoms with Crippen molar-refractivity contribution in [3.63, 3.8) is 0 Å². The van der Waals surface area contributed by atoms with Crippen LogP contribution in [0.4, 0.5) is 5.69 Å². The lowest BCUT2D eigenvalue weighted by molar-refractivity contribution is -0.111. The summed E-state index contributed by atoms with van der Waals surface area (Å²) in [7, 11) is 0.896. The lowest BCUT2D eigenvalue weighted by Crippen LogP contribution is -2.30. The fourth-order valence-corrected chi connectivity index (χ4v) is 4.93. The number of carbonyl (C=O) groups is 1. The van der Waals surface area contributed by atoms with Crippen molar-refractivity contribution in [2.45, 2.75) is 32.6 Å². The molecular weight excluding hydrogens is 444 g/mol. The molecule has 2 rings (SSSR count). The Hall–Kier alpha value is -3.04. The van der Waals surface area contributed by atoms with E-state index in [0.29, 0.717) is 41.6 Å². The largest absolute Gasteiger partial charge is 0.493 e. The second kappa shape index (κ2) is 11.2. The van der Waals surface area contributed by atoms with Crippen LogP contribution in [0.2, 0.25) is 0 Å². The van der Waals surface area contributed by atoms with Gasteiger partial charge in [0.2, 0.25) is 21.7 Å². The van der Waals surface area contributed by atoms with Crippen molar-refractivity contribution in [3.05, 3.63) is 47.0 Å². The molecular formula is C24H32N2O6S. The fourth-order valence-electron chi connectivity index (χ4n) is 3.36. The summed E-state index contributed by atoms with van der Waals surface area (Å²) < 4.78 is 43.2. The van der Waals surface area contributed by atoms with Gasteiger partial charge in [-0.15, -0.1) is 0 Å². The summed E-state index contributed by atoms with van der Waals surface area (Å²) in [4.78, 5) is 12.8. The minimum absolute atomic E-state index is 0.151. The van der Waals surface area contributed by atoms with E-state index in [-0.39, 0.29) is 4.90 Å². The highest BCUT2D eigenvalue weighted by atomic mass is 32.2. The molecule has 0 fully saturated rings. The van der Waals surface area contributed by atoms with Gasteiger partial charge in [-0.2, -0.15) is 4.31 Å². The molecule has 1 amide bonds. The molecule has 2 aromatic carbocycles. The highest BCUT2D eigenvalue weighted by Gasteiger charge is 2.23. The Morgan fingerprint density at radius 3 is 2.03 bits per heavy atom. The van der Waals surface area contributed by atoms with Gasteiger partial charge in [0.05, 0.1) is 26.2 Å². The summed E-state index contributed by atoms with van der Waals surface area (Å²) in [6, 6.07) is 6.57. The third-order valence-corrected chi connectivity index (χ3v) is 7.38. The van der Waals surface area contributed by atoms with E-state index in [9.17, 15) is 13.2 Å². The third kappa shape index (κ3) is 5.85. The van der Waals surface area contributed by atoms with E-state index in [2.05, 4.69) is 5.32 Å². The molecule has 0 bridgehead atoms. The molecule has 180 valence electrons. The lowest BCUT2D eigenvalue weighted by atomic mass is 10.1. The maximum Gasteiger partial charge on any atom is 0.248 e. The molecule has 2 aromatic rings. The Bertz CT molecular complexity index is 1110. The molecule has 0 heterocycles. The molecule has 0 radical (unpaired) electrons. The third-order valence-electron chi connectivity index (χ3n) is 5.36. The second-order valence-electron chi connectivity index (χ2n) is 7.28. The van der Waals surface area contributed by atoms with Crippen molar-refractivity contribution in [2.24, 2.45) is 0 Å². The number of hydrogen-bond acceptors (Lipinski definition) is 6. The van der Waals surface area contributed by atoms with Gasteiger partial charge in [-0.25, -0.2) is 8.42 Å². The van der Waals surface area contributed by atoms with E-state index >= 15 is 0 Å². The SMILES string of the molecule is CCN(CC)S(=O)(=O)c1cc(C)c(C)c(NC(=O)/C=C\c2cc(OC)c(OC)c(OC)c2)c1. The molecule has 0 unspecified atom stereocenters. The highest BCUT2D eigenvalue weighted by molar-refractivity contribution is 7.89. The van der Waals surface area contributed by atoms with Crippen LogP contribution in [0, 0.1) is 13.8 Å². The second-order valence-corrected chi connectivity index (χ2v) is 9.22. The predicted octanol–water partition coefficient (Wildman–Crippen LogP) is 4.01. The number of nitrogens with zero attached hydrogens (tertiary/aromatic N) is 1. The van der Waals surface area contributed by atoms with Crippen molar-refractivity contribution >= 4 is 27.7 Å². The summed E-state index contributed by atoms with van der Waals surface area (Å²) in [5.74, 6) is 0.998. The van der Waals surface area contributed by atoms with Crippen LogP contribution in [0.25, 0.3) is 6.08 Å². The molecule has 0 aliphatic carbocycles. The van der Waals surface area contributed by atoms with Crippen molar-refractivity contribution in [2.75, 3.05) is 39.7 Å². The van der Waals surface area contributed by atoms with E-state index in [1.54, 1.807) is 38.1 Å². The summed E-state index contributed by atoms with van der Waals surface area (Å²) >= 11 is 0. The molecule has 8 nitrogen and oxygen atoms in total. The van der Waals surface area contributed by atoms with Crippen LogP contribution in [0.15, 0.2) is 35.2 Å². The standard InChI is InChI=1S/C24H32N2O6S/c1-8-26(9-2)33(28,29)19-12-16(3)17(4)20(15-19)25-23(27)11-10-18-13-21(30-5)24(32-7)22(14-18)31-6/h10-15H,8-9H2,1-7H3,(H,25,27)/b11-10-. The van der Waals surface area contributed by atoms with Gasteiger partial charge < -0.3 is 19.5 Å². The highest BCUT2D eigenvalue weighted by Crippen LogP contribution is 2.38. The number of methoxy groups -OCH3 is 3. The van der Waals surface area contributed by atoms with Gasteiger partial charge in [0, 0.05) is 24.9 Å². The molecule has 0 saturated heterocycles. The predicted molar refractivity (Wildman–Crippen MR) is 130 cm³/mol. The Labute approximate surface area is 196 Å².